The van der Waals surface area contributed by atoms with Gasteiger partial charge in [0.15, 0.2) is 0 Å². The van der Waals surface area contributed by atoms with Gasteiger partial charge in [0.1, 0.15) is 0 Å². The molecule has 0 radical (unpaired) electrons. The molecule has 1 saturated heterocycles. The summed E-state index contributed by atoms with van der Waals surface area (Å²) in [6.45, 7) is 5.69. The third kappa shape index (κ3) is 1.10. The Morgan fingerprint density at radius 2 is 2.07 bits per heavy atom. The predicted molar refractivity (Wildman–Crippen MR) is 55.8 cm³/mol. The van der Waals surface area contributed by atoms with Gasteiger partial charge in [0.05, 0.1) is 12.7 Å². The molecule has 0 spiro atoms. The van der Waals surface area contributed by atoms with Gasteiger partial charge in [-0.3, -0.25) is 0 Å². The van der Waals surface area contributed by atoms with Gasteiger partial charge in [-0.1, -0.05) is 26.0 Å². The van der Waals surface area contributed by atoms with Gasteiger partial charge in [-0.2, -0.15) is 0 Å². The number of nitrogens with two attached hydrogens (primary N) is 1. The average Bonchev–Trinajstić information content (AvgIpc) is 2.83. The minimum atomic E-state index is 0.00660. The van der Waals surface area contributed by atoms with Gasteiger partial charge in [0.2, 0.25) is 0 Å². The normalized spacial score (nSPS) is 60.4. The lowest BCUT2D eigenvalue weighted by Crippen LogP contribution is -2.57. The molecule has 2 N–H and O–H groups in total. The first-order valence-corrected chi connectivity index (χ1v) is 5.62. The lowest BCUT2D eigenvalue weighted by atomic mass is 9.53. The maximum Gasteiger partial charge on any atom is 0.0875 e. The molecule has 0 amide bonds. The van der Waals surface area contributed by atoms with Crippen molar-refractivity contribution in [2.24, 2.45) is 23.0 Å². The summed E-state index contributed by atoms with van der Waals surface area (Å²) in [7, 11) is 0. The van der Waals surface area contributed by atoms with E-state index in [4.69, 9.17) is 10.5 Å². The van der Waals surface area contributed by atoms with Crippen LogP contribution < -0.4 is 5.73 Å². The Hall–Kier alpha value is -0.340. The number of epoxide rings is 1. The van der Waals surface area contributed by atoms with Crippen LogP contribution in [0.15, 0.2) is 12.2 Å². The molecule has 2 fully saturated rings. The van der Waals surface area contributed by atoms with E-state index < -0.39 is 0 Å². The summed E-state index contributed by atoms with van der Waals surface area (Å²) in [4.78, 5) is 0. The van der Waals surface area contributed by atoms with Gasteiger partial charge in [-0.05, 0) is 24.2 Å². The number of hydrogen-bond acceptors (Lipinski definition) is 2. The Morgan fingerprint density at radius 1 is 1.43 bits per heavy atom. The number of fused-ring (bicyclic) bond motifs is 2. The van der Waals surface area contributed by atoms with Gasteiger partial charge < -0.3 is 10.5 Å². The van der Waals surface area contributed by atoms with E-state index in [-0.39, 0.29) is 5.54 Å². The van der Waals surface area contributed by atoms with Crippen molar-refractivity contribution in [2.45, 2.75) is 38.3 Å². The molecule has 1 saturated carbocycles. The number of rotatable bonds is 1. The highest BCUT2D eigenvalue weighted by Gasteiger charge is 2.56. The first-order chi connectivity index (χ1) is 6.53. The van der Waals surface area contributed by atoms with Gasteiger partial charge in [-0.25, -0.2) is 0 Å². The van der Waals surface area contributed by atoms with Crippen LogP contribution >= 0.6 is 0 Å². The molecule has 0 aromatic carbocycles. The molecule has 14 heavy (non-hydrogen) atoms. The molecule has 78 valence electrons. The maximum absolute atomic E-state index is 6.25. The van der Waals surface area contributed by atoms with Crippen LogP contribution in [0, 0.1) is 17.3 Å². The zero-order valence-electron chi connectivity index (χ0n) is 8.99. The third-order valence-corrected chi connectivity index (χ3v) is 4.58. The summed E-state index contributed by atoms with van der Waals surface area (Å²) >= 11 is 0. The maximum atomic E-state index is 6.25. The first-order valence-electron chi connectivity index (χ1n) is 5.62. The summed E-state index contributed by atoms with van der Waals surface area (Å²) < 4.78 is 5.43. The topological polar surface area (TPSA) is 38.5 Å². The van der Waals surface area contributed by atoms with E-state index in [0.29, 0.717) is 23.4 Å². The molecule has 3 aliphatic carbocycles. The summed E-state index contributed by atoms with van der Waals surface area (Å²) in [6.07, 6.45) is 7.36. The van der Waals surface area contributed by atoms with E-state index >= 15 is 0 Å². The second-order valence-corrected chi connectivity index (χ2v) is 5.84. The third-order valence-electron chi connectivity index (χ3n) is 4.58. The fourth-order valence-corrected chi connectivity index (χ4v) is 3.55. The molecule has 0 aromatic heterocycles. The molecule has 1 aliphatic heterocycles. The van der Waals surface area contributed by atoms with Crippen molar-refractivity contribution >= 4 is 0 Å². The second-order valence-electron chi connectivity index (χ2n) is 5.84. The molecule has 3 atom stereocenters. The fourth-order valence-electron chi connectivity index (χ4n) is 3.55. The molecule has 2 nitrogen and oxygen atoms in total. The second kappa shape index (κ2) is 2.42. The van der Waals surface area contributed by atoms with Crippen LogP contribution in [0.25, 0.3) is 0 Å². The highest BCUT2D eigenvalue weighted by atomic mass is 16.6. The Morgan fingerprint density at radius 3 is 2.64 bits per heavy atom. The van der Waals surface area contributed by atoms with Crippen LogP contribution in [0.2, 0.25) is 0 Å². The predicted octanol–water partition coefficient (Wildman–Crippen LogP) is 1.70. The molecule has 1 heterocycles. The zero-order chi connectivity index (χ0) is 9.97. The van der Waals surface area contributed by atoms with E-state index in [1.807, 2.05) is 0 Å². The van der Waals surface area contributed by atoms with E-state index in [1.54, 1.807) is 0 Å². The van der Waals surface area contributed by atoms with Crippen LogP contribution in [0.3, 0.4) is 0 Å². The van der Waals surface area contributed by atoms with Crippen LogP contribution in [-0.4, -0.2) is 18.2 Å². The fraction of sp³-hybridized carbons (Fsp3) is 0.833. The molecular weight excluding hydrogens is 174 g/mol. The quantitative estimate of drug-likeness (QED) is 0.508. The lowest BCUT2D eigenvalue weighted by Gasteiger charge is -2.54. The molecule has 2 bridgehead atoms. The van der Waals surface area contributed by atoms with Crippen molar-refractivity contribution in [1.29, 1.82) is 0 Å². The monoisotopic (exact) mass is 193 g/mol. The highest BCUT2D eigenvalue weighted by Crippen LogP contribution is 2.58. The first kappa shape index (κ1) is 8.93. The van der Waals surface area contributed by atoms with Crippen LogP contribution in [-0.2, 0) is 4.74 Å². The van der Waals surface area contributed by atoms with Crippen molar-refractivity contribution in [1.82, 2.24) is 0 Å². The minimum absolute atomic E-state index is 0.00660. The molecule has 0 aromatic rings. The van der Waals surface area contributed by atoms with Crippen molar-refractivity contribution < 1.29 is 4.74 Å². The largest absolute Gasteiger partial charge is 0.372 e. The average molecular weight is 193 g/mol. The van der Waals surface area contributed by atoms with Gasteiger partial charge in [-0.15, -0.1) is 0 Å². The molecule has 3 unspecified atom stereocenters. The summed E-state index contributed by atoms with van der Waals surface area (Å²) in [5.41, 5.74) is 6.71. The Labute approximate surface area is 85.5 Å². The Kier molecular flexibility index (Phi) is 1.54. The van der Waals surface area contributed by atoms with Crippen molar-refractivity contribution in [3.63, 3.8) is 0 Å². The van der Waals surface area contributed by atoms with E-state index in [9.17, 15) is 0 Å². The zero-order valence-corrected chi connectivity index (χ0v) is 8.99. The van der Waals surface area contributed by atoms with E-state index in [2.05, 4.69) is 26.0 Å². The summed E-state index contributed by atoms with van der Waals surface area (Å²) in [6, 6.07) is 0. The van der Waals surface area contributed by atoms with Crippen molar-refractivity contribution in [3.05, 3.63) is 12.2 Å². The Balaban J connectivity index is 1.91. The van der Waals surface area contributed by atoms with Gasteiger partial charge >= 0.3 is 0 Å². The Bertz CT molecular complexity index is 287. The van der Waals surface area contributed by atoms with Gasteiger partial charge in [0, 0.05) is 11.5 Å². The molecule has 4 aliphatic rings. The minimum Gasteiger partial charge on any atom is -0.372 e. The standard InChI is InChI=1S/C12H19NO/c1-8-9(10-5-14-10)3-4-12(13)6-11(8,2)7-12/h3-4,8-10H,5-7,13H2,1-2H3. The SMILES string of the molecule is CC1C(C2CO2)C=CC2(N)CC1(C)C2. The highest BCUT2D eigenvalue weighted by molar-refractivity contribution is 5.24. The lowest BCUT2D eigenvalue weighted by molar-refractivity contribution is 0.00744. The number of hydrogen-bond donors (Lipinski definition) is 1. The van der Waals surface area contributed by atoms with Crippen molar-refractivity contribution in [3.8, 4) is 0 Å². The summed E-state index contributed by atoms with van der Waals surface area (Å²) in [5, 5.41) is 0. The smallest absolute Gasteiger partial charge is 0.0875 e. The van der Waals surface area contributed by atoms with Gasteiger partial charge in [0.25, 0.3) is 0 Å². The molecule has 4 rings (SSSR count). The molecule has 2 heteroatoms. The van der Waals surface area contributed by atoms with E-state index in [1.165, 1.54) is 0 Å². The summed E-state index contributed by atoms with van der Waals surface area (Å²) in [5.74, 6) is 1.32. The van der Waals surface area contributed by atoms with Crippen molar-refractivity contribution in [2.75, 3.05) is 6.61 Å². The number of ether oxygens (including phenoxy) is 1. The molecular formula is C12H19NO. The van der Waals surface area contributed by atoms with E-state index in [0.717, 1.165) is 19.4 Å². The van der Waals surface area contributed by atoms with Crippen LogP contribution in [0.4, 0.5) is 0 Å². The van der Waals surface area contributed by atoms with Crippen LogP contribution in [0.1, 0.15) is 26.7 Å². The van der Waals surface area contributed by atoms with Crippen LogP contribution in [0.5, 0.6) is 0 Å².